The highest BCUT2D eigenvalue weighted by Crippen LogP contribution is 2.20. The number of hydrogen-bond donors (Lipinski definition) is 0. The summed E-state index contributed by atoms with van der Waals surface area (Å²) < 4.78 is 0. The number of hydrogen-bond acceptors (Lipinski definition) is 6. The van der Waals surface area contributed by atoms with Gasteiger partial charge in [-0.05, 0) is 39.5 Å². The van der Waals surface area contributed by atoms with Gasteiger partial charge in [0.25, 0.3) is 0 Å². The minimum atomic E-state index is -0.779. The van der Waals surface area contributed by atoms with Gasteiger partial charge in [-0.25, -0.2) is 9.59 Å². The van der Waals surface area contributed by atoms with Crippen LogP contribution in [0.3, 0.4) is 0 Å². The van der Waals surface area contributed by atoms with Crippen LogP contribution in [0.5, 0.6) is 0 Å². The fourth-order valence-corrected chi connectivity index (χ4v) is 1.21. The first-order chi connectivity index (χ1) is 10.2. The van der Waals surface area contributed by atoms with Gasteiger partial charge in [-0.3, -0.25) is 9.78 Å². The summed E-state index contributed by atoms with van der Waals surface area (Å²) in [7, 11) is 0. The molecule has 0 aliphatic heterocycles. The van der Waals surface area contributed by atoms with Gasteiger partial charge in [-0.2, -0.15) is 9.78 Å². The van der Waals surface area contributed by atoms with Gasteiger partial charge in [0.1, 0.15) is 11.2 Å². The highest BCUT2D eigenvalue weighted by molar-refractivity contribution is 5.91. The molecule has 0 rings (SSSR count). The molecular formula is C16H28O6. The lowest BCUT2D eigenvalue weighted by atomic mass is 10.0. The van der Waals surface area contributed by atoms with Crippen molar-refractivity contribution in [3.8, 4) is 0 Å². The van der Waals surface area contributed by atoms with E-state index in [2.05, 4.69) is 9.78 Å². The van der Waals surface area contributed by atoms with Crippen molar-refractivity contribution < 1.29 is 29.1 Å². The van der Waals surface area contributed by atoms with E-state index in [1.807, 2.05) is 41.5 Å². The lowest BCUT2D eigenvalue weighted by molar-refractivity contribution is -0.328. The molecule has 0 aliphatic rings. The molecular weight excluding hydrogens is 288 g/mol. The zero-order valence-corrected chi connectivity index (χ0v) is 14.4. The fourth-order valence-electron chi connectivity index (χ4n) is 1.21. The third-order valence-corrected chi connectivity index (χ3v) is 4.00. The predicted molar refractivity (Wildman–Crippen MR) is 81.5 cm³/mol. The van der Waals surface area contributed by atoms with Crippen LogP contribution in [0.4, 0.5) is 0 Å². The Morgan fingerprint density at radius 3 is 1.23 bits per heavy atom. The molecule has 0 spiro atoms. The molecule has 0 fully saturated rings. The molecule has 6 heteroatoms. The summed E-state index contributed by atoms with van der Waals surface area (Å²) in [6.45, 7) is 11.4. The number of carbonyl (C=O) groups is 2. The molecule has 22 heavy (non-hydrogen) atoms. The Hall–Kier alpha value is -1.40. The van der Waals surface area contributed by atoms with E-state index in [4.69, 9.17) is 9.78 Å². The summed E-state index contributed by atoms with van der Waals surface area (Å²) in [4.78, 5) is 42.4. The molecule has 0 unspecified atom stereocenters. The van der Waals surface area contributed by atoms with Gasteiger partial charge in [-0.1, -0.05) is 27.7 Å². The molecule has 0 N–H and O–H groups in total. The van der Waals surface area contributed by atoms with E-state index in [1.165, 1.54) is 0 Å². The Morgan fingerprint density at radius 1 is 0.727 bits per heavy atom. The molecule has 0 aromatic rings. The van der Waals surface area contributed by atoms with E-state index in [-0.39, 0.29) is 0 Å². The van der Waals surface area contributed by atoms with Crippen LogP contribution in [0.2, 0.25) is 0 Å². The highest BCUT2D eigenvalue weighted by atomic mass is 17.2. The lowest BCUT2D eigenvalue weighted by Gasteiger charge is -2.24. The van der Waals surface area contributed by atoms with E-state index in [0.717, 1.165) is 12.2 Å². The summed E-state index contributed by atoms with van der Waals surface area (Å²) in [6, 6.07) is 0. The standard InChI is InChI=1S/C16H28O6/c1-7-15(5,8-2)21-19-13(17)11-12-14(18)20-22-16(6,9-3)10-4/h11-12H,7-10H2,1-6H3. The third kappa shape index (κ3) is 7.56. The molecule has 0 saturated carbocycles. The SMILES string of the molecule is CCC(C)(CC)OOC(=O)C=CC(=O)OOC(C)(CC)CC. The van der Waals surface area contributed by atoms with Gasteiger partial charge in [0, 0.05) is 12.2 Å². The number of carbonyl (C=O) groups excluding carboxylic acids is 2. The minimum absolute atomic E-state index is 0.531. The molecule has 0 bridgehead atoms. The molecule has 0 aliphatic carbocycles. The van der Waals surface area contributed by atoms with Crippen molar-refractivity contribution in [2.75, 3.05) is 0 Å². The van der Waals surface area contributed by atoms with E-state index >= 15 is 0 Å². The van der Waals surface area contributed by atoms with E-state index in [1.54, 1.807) is 0 Å². The first-order valence-corrected chi connectivity index (χ1v) is 7.71. The molecule has 128 valence electrons. The van der Waals surface area contributed by atoms with Gasteiger partial charge >= 0.3 is 11.9 Å². The van der Waals surface area contributed by atoms with Crippen molar-refractivity contribution in [2.45, 2.75) is 78.4 Å². The van der Waals surface area contributed by atoms with Crippen LogP contribution in [0.1, 0.15) is 67.2 Å². The van der Waals surface area contributed by atoms with Crippen molar-refractivity contribution in [3.05, 3.63) is 12.2 Å². The number of rotatable bonds is 10. The van der Waals surface area contributed by atoms with Crippen LogP contribution in [0.25, 0.3) is 0 Å². The fraction of sp³-hybridized carbons (Fsp3) is 0.750. The maximum atomic E-state index is 11.5. The zero-order valence-electron chi connectivity index (χ0n) is 14.4. The Balaban J connectivity index is 4.25. The largest absolute Gasteiger partial charge is 0.366 e. The van der Waals surface area contributed by atoms with E-state index < -0.39 is 23.1 Å². The average molecular weight is 316 g/mol. The van der Waals surface area contributed by atoms with Gasteiger partial charge in [0.05, 0.1) is 0 Å². The summed E-state index contributed by atoms with van der Waals surface area (Å²) >= 11 is 0. The van der Waals surface area contributed by atoms with Crippen LogP contribution in [-0.2, 0) is 29.1 Å². The summed E-state index contributed by atoms with van der Waals surface area (Å²) in [5, 5.41) is 0. The molecule has 0 saturated heterocycles. The van der Waals surface area contributed by atoms with Crippen molar-refractivity contribution in [1.82, 2.24) is 0 Å². The predicted octanol–water partition coefficient (Wildman–Crippen LogP) is 3.65. The molecule has 0 aromatic heterocycles. The minimum Gasteiger partial charge on any atom is -0.293 e. The molecule has 0 amide bonds. The maximum absolute atomic E-state index is 11.5. The van der Waals surface area contributed by atoms with Crippen LogP contribution in [0, 0.1) is 0 Å². The highest BCUT2D eigenvalue weighted by Gasteiger charge is 2.24. The van der Waals surface area contributed by atoms with Crippen LogP contribution >= 0.6 is 0 Å². The van der Waals surface area contributed by atoms with Gasteiger partial charge in [0.2, 0.25) is 0 Å². The Labute approximate surface area is 132 Å². The molecule has 6 nitrogen and oxygen atoms in total. The second-order valence-electron chi connectivity index (χ2n) is 5.62. The smallest absolute Gasteiger partial charge is 0.293 e. The first-order valence-electron chi connectivity index (χ1n) is 7.71. The Bertz CT molecular complexity index is 344. The van der Waals surface area contributed by atoms with Crippen molar-refractivity contribution >= 4 is 11.9 Å². The Kier molecular flexibility index (Phi) is 8.97. The average Bonchev–Trinajstić information content (AvgIpc) is 2.55. The summed E-state index contributed by atoms with van der Waals surface area (Å²) in [5.41, 5.74) is -1.06. The van der Waals surface area contributed by atoms with Crippen molar-refractivity contribution in [3.63, 3.8) is 0 Å². The van der Waals surface area contributed by atoms with Crippen LogP contribution in [-0.4, -0.2) is 23.1 Å². The summed E-state index contributed by atoms with van der Waals surface area (Å²) in [5.74, 6) is -1.56. The normalized spacial score (nSPS) is 12.5. The maximum Gasteiger partial charge on any atom is 0.366 e. The van der Waals surface area contributed by atoms with Crippen molar-refractivity contribution in [2.24, 2.45) is 0 Å². The topological polar surface area (TPSA) is 71.1 Å². The van der Waals surface area contributed by atoms with Crippen LogP contribution < -0.4 is 0 Å². The monoisotopic (exact) mass is 316 g/mol. The summed E-state index contributed by atoms with van der Waals surface area (Å²) in [6.07, 6.45) is 4.66. The quantitative estimate of drug-likeness (QED) is 0.348. The molecule has 0 radical (unpaired) electrons. The van der Waals surface area contributed by atoms with Crippen LogP contribution in [0.15, 0.2) is 12.2 Å². The Morgan fingerprint density at radius 2 is 1.00 bits per heavy atom. The van der Waals surface area contributed by atoms with E-state index in [9.17, 15) is 9.59 Å². The zero-order chi connectivity index (χ0) is 17.2. The first kappa shape index (κ1) is 20.6. The van der Waals surface area contributed by atoms with Crippen molar-refractivity contribution in [1.29, 1.82) is 0 Å². The molecule has 0 atom stereocenters. The van der Waals surface area contributed by atoms with E-state index in [0.29, 0.717) is 25.7 Å². The second kappa shape index (κ2) is 9.58. The molecule has 0 heterocycles. The van der Waals surface area contributed by atoms with Gasteiger partial charge in [-0.15, -0.1) is 0 Å². The third-order valence-electron chi connectivity index (χ3n) is 4.00. The molecule has 0 aromatic carbocycles. The van der Waals surface area contributed by atoms with Gasteiger partial charge in [0.15, 0.2) is 0 Å². The van der Waals surface area contributed by atoms with Gasteiger partial charge < -0.3 is 0 Å². The lowest BCUT2D eigenvalue weighted by Crippen LogP contribution is -2.28. The second-order valence-corrected chi connectivity index (χ2v) is 5.62.